The Morgan fingerprint density at radius 1 is 1.23 bits per heavy atom. The SMILES string of the molecule is Cc1nc(SCC(=O)NNC(=O)COc2ccccc2)n[nH]1. The van der Waals surface area contributed by atoms with Gasteiger partial charge in [-0.25, -0.2) is 4.98 Å². The number of thioether (sulfide) groups is 1. The number of hydrazine groups is 1. The molecule has 2 aromatic rings. The highest BCUT2D eigenvalue weighted by atomic mass is 32.2. The maximum absolute atomic E-state index is 11.5. The van der Waals surface area contributed by atoms with Crippen molar-refractivity contribution in [2.75, 3.05) is 12.4 Å². The first-order chi connectivity index (χ1) is 10.6. The number of benzene rings is 1. The molecule has 2 rings (SSSR count). The summed E-state index contributed by atoms with van der Waals surface area (Å²) in [5.74, 6) is 0.544. The summed E-state index contributed by atoms with van der Waals surface area (Å²) >= 11 is 1.16. The largest absolute Gasteiger partial charge is 0.484 e. The van der Waals surface area contributed by atoms with Gasteiger partial charge in [0.25, 0.3) is 5.91 Å². The Bertz CT molecular complexity index is 632. The van der Waals surface area contributed by atoms with Crippen molar-refractivity contribution >= 4 is 23.6 Å². The van der Waals surface area contributed by atoms with E-state index < -0.39 is 5.91 Å². The number of aromatic amines is 1. The van der Waals surface area contributed by atoms with E-state index in [9.17, 15) is 9.59 Å². The summed E-state index contributed by atoms with van der Waals surface area (Å²) in [6.07, 6.45) is 0. The van der Waals surface area contributed by atoms with Crippen LogP contribution in [0.25, 0.3) is 0 Å². The second-order valence-corrected chi connectivity index (χ2v) is 5.13. The van der Waals surface area contributed by atoms with E-state index in [2.05, 4.69) is 26.0 Å². The van der Waals surface area contributed by atoms with E-state index in [0.717, 1.165) is 11.8 Å². The lowest BCUT2D eigenvalue weighted by Gasteiger charge is -2.08. The van der Waals surface area contributed by atoms with E-state index in [-0.39, 0.29) is 18.3 Å². The van der Waals surface area contributed by atoms with Crippen molar-refractivity contribution in [3.05, 3.63) is 36.2 Å². The van der Waals surface area contributed by atoms with Crippen LogP contribution >= 0.6 is 11.8 Å². The fraction of sp³-hybridized carbons (Fsp3) is 0.231. The van der Waals surface area contributed by atoms with Crippen LogP contribution in [0.2, 0.25) is 0 Å². The first-order valence-electron chi connectivity index (χ1n) is 6.41. The molecule has 8 nitrogen and oxygen atoms in total. The lowest BCUT2D eigenvalue weighted by molar-refractivity contribution is -0.128. The maximum Gasteiger partial charge on any atom is 0.276 e. The molecule has 3 N–H and O–H groups in total. The quantitative estimate of drug-likeness (QED) is 0.526. The van der Waals surface area contributed by atoms with Gasteiger partial charge in [0.05, 0.1) is 5.75 Å². The van der Waals surface area contributed by atoms with E-state index in [0.29, 0.717) is 16.7 Å². The number of para-hydroxylation sites is 1. The van der Waals surface area contributed by atoms with Gasteiger partial charge in [0.1, 0.15) is 11.6 Å². The van der Waals surface area contributed by atoms with Crippen LogP contribution in [0, 0.1) is 6.92 Å². The summed E-state index contributed by atoms with van der Waals surface area (Å²) in [7, 11) is 0. The van der Waals surface area contributed by atoms with Crippen LogP contribution in [0.15, 0.2) is 35.5 Å². The van der Waals surface area contributed by atoms with E-state index in [1.165, 1.54) is 0 Å². The Hall–Kier alpha value is -2.55. The summed E-state index contributed by atoms with van der Waals surface area (Å²) in [4.78, 5) is 27.1. The number of rotatable bonds is 6. The standard InChI is InChI=1S/C13H15N5O3S/c1-9-14-13(18-15-9)22-8-12(20)17-16-11(19)7-21-10-5-3-2-4-6-10/h2-6H,7-8H2,1H3,(H,16,19)(H,17,20)(H,14,15,18). The minimum Gasteiger partial charge on any atom is -0.484 e. The van der Waals surface area contributed by atoms with Gasteiger partial charge >= 0.3 is 0 Å². The summed E-state index contributed by atoms with van der Waals surface area (Å²) < 4.78 is 5.24. The molecule has 0 saturated heterocycles. The number of carbonyl (C=O) groups is 2. The molecule has 116 valence electrons. The van der Waals surface area contributed by atoms with Gasteiger partial charge in [0.15, 0.2) is 6.61 Å². The lowest BCUT2D eigenvalue weighted by Crippen LogP contribution is -2.44. The summed E-state index contributed by atoms with van der Waals surface area (Å²) in [5, 5.41) is 7.04. The van der Waals surface area contributed by atoms with Crippen LogP contribution in [0.1, 0.15) is 5.82 Å². The zero-order valence-electron chi connectivity index (χ0n) is 11.8. The number of aromatic nitrogens is 3. The van der Waals surface area contributed by atoms with Crippen LogP contribution in [0.4, 0.5) is 0 Å². The minimum absolute atomic E-state index is 0.0944. The van der Waals surface area contributed by atoms with Gasteiger partial charge in [0.2, 0.25) is 11.1 Å². The first kappa shape index (κ1) is 15.8. The zero-order valence-corrected chi connectivity index (χ0v) is 12.6. The number of nitrogens with one attached hydrogen (secondary N) is 3. The van der Waals surface area contributed by atoms with Crippen LogP contribution in [0.3, 0.4) is 0 Å². The van der Waals surface area contributed by atoms with Crippen molar-refractivity contribution in [2.24, 2.45) is 0 Å². The van der Waals surface area contributed by atoms with E-state index in [4.69, 9.17) is 4.74 Å². The number of nitrogens with zero attached hydrogens (tertiary/aromatic N) is 2. The van der Waals surface area contributed by atoms with Crippen LogP contribution in [0.5, 0.6) is 5.75 Å². The number of carbonyl (C=O) groups excluding carboxylic acids is 2. The molecule has 0 fully saturated rings. The molecule has 0 aliphatic rings. The fourth-order valence-corrected chi connectivity index (χ4v) is 2.04. The van der Waals surface area contributed by atoms with Crippen molar-refractivity contribution < 1.29 is 14.3 Å². The molecular weight excluding hydrogens is 306 g/mol. The average Bonchev–Trinajstić information content (AvgIpc) is 2.95. The smallest absolute Gasteiger partial charge is 0.276 e. The number of hydrogen-bond donors (Lipinski definition) is 3. The number of aryl methyl sites for hydroxylation is 1. The van der Waals surface area contributed by atoms with Crippen molar-refractivity contribution in [3.63, 3.8) is 0 Å². The van der Waals surface area contributed by atoms with E-state index in [1.807, 2.05) is 6.07 Å². The Morgan fingerprint density at radius 2 is 1.95 bits per heavy atom. The number of ether oxygens (including phenoxy) is 1. The highest BCUT2D eigenvalue weighted by Crippen LogP contribution is 2.10. The molecule has 9 heteroatoms. The van der Waals surface area contributed by atoms with Crippen molar-refractivity contribution in [2.45, 2.75) is 12.1 Å². The highest BCUT2D eigenvalue weighted by molar-refractivity contribution is 7.99. The average molecular weight is 321 g/mol. The Balaban J connectivity index is 1.62. The van der Waals surface area contributed by atoms with Crippen molar-refractivity contribution in [1.29, 1.82) is 0 Å². The Kier molecular flexibility index (Phi) is 5.78. The van der Waals surface area contributed by atoms with Crippen molar-refractivity contribution in [3.8, 4) is 5.75 Å². The Labute approximate surface area is 131 Å². The van der Waals surface area contributed by atoms with E-state index >= 15 is 0 Å². The molecule has 1 aromatic carbocycles. The molecule has 0 bridgehead atoms. The molecule has 0 spiro atoms. The molecule has 1 aromatic heterocycles. The van der Waals surface area contributed by atoms with Gasteiger partial charge in [0, 0.05) is 0 Å². The molecular formula is C13H15N5O3S. The van der Waals surface area contributed by atoms with Gasteiger partial charge in [-0.05, 0) is 19.1 Å². The summed E-state index contributed by atoms with van der Waals surface area (Å²) in [6, 6.07) is 8.93. The third-order valence-corrected chi connectivity index (χ3v) is 3.21. The number of H-pyrrole nitrogens is 1. The molecule has 22 heavy (non-hydrogen) atoms. The molecule has 2 amide bonds. The monoisotopic (exact) mass is 321 g/mol. The predicted molar refractivity (Wildman–Crippen MR) is 80.1 cm³/mol. The van der Waals surface area contributed by atoms with Gasteiger partial charge in [-0.15, -0.1) is 5.10 Å². The molecule has 0 saturated carbocycles. The van der Waals surface area contributed by atoms with Gasteiger partial charge in [-0.1, -0.05) is 30.0 Å². The second kappa shape index (κ2) is 8.03. The van der Waals surface area contributed by atoms with E-state index in [1.54, 1.807) is 31.2 Å². The minimum atomic E-state index is -0.448. The third-order valence-electron chi connectivity index (χ3n) is 2.36. The maximum atomic E-state index is 11.5. The summed E-state index contributed by atoms with van der Waals surface area (Å²) in [5.41, 5.74) is 4.56. The normalized spacial score (nSPS) is 10.0. The molecule has 1 heterocycles. The van der Waals surface area contributed by atoms with Gasteiger partial charge in [-0.3, -0.25) is 25.5 Å². The summed E-state index contributed by atoms with van der Waals surface area (Å²) in [6.45, 7) is 1.58. The highest BCUT2D eigenvalue weighted by Gasteiger charge is 2.08. The predicted octanol–water partition coefficient (Wildman–Crippen LogP) is 0.432. The van der Waals surface area contributed by atoms with Crippen LogP contribution in [-0.2, 0) is 9.59 Å². The topological polar surface area (TPSA) is 109 Å². The molecule has 0 radical (unpaired) electrons. The Morgan fingerprint density at radius 3 is 2.64 bits per heavy atom. The van der Waals surface area contributed by atoms with Crippen molar-refractivity contribution in [1.82, 2.24) is 26.0 Å². The molecule has 0 aliphatic carbocycles. The van der Waals surface area contributed by atoms with Gasteiger partial charge < -0.3 is 4.74 Å². The number of hydrogen-bond acceptors (Lipinski definition) is 6. The second-order valence-electron chi connectivity index (χ2n) is 4.19. The lowest BCUT2D eigenvalue weighted by atomic mass is 10.3. The number of amides is 2. The van der Waals surface area contributed by atoms with Gasteiger partial charge in [-0.2, -0.15) is 0 Å². The molecule has 0 atom stereocenters. The molecule has 0 aliphatic heterocycles. The van der Waals surface area contributed by atoms with Crippen LogP contribution in [-0.4, -0.2) is 39.4 Å². The molecule has 0 unspecified atom stereocenters. The zero-order chi connectivity index (χ0) is 15.8. The fourth-order valence-electron chi connectivity index (χ4n) is 1.39. The van der Waals surface area contributed by atoms with Crippen LogP contribution < -0.4 is 15.6 Å². The first-order valence-corrected chi connectivity index (χ1v) is 7.39. The third kappa shape index (κ3) is 5.44.